The predicted molar refractivity (Wildman–Crippen MR) is 67.9 cm³/mol. The second-order valence-corrected chi connectivity index (χ2v) is 4.54. The molecule has 0 aliphatic carbocycles. The summed E-state index contributed by atoms with van der Waals surface area (Å²) in [4.78, 5) is 2.48. The first kappa shape index (κ1) is 11.5. The lowest BCUT2D eigenvalue weighted by Crippen LogP contribution is -2.29. The van der Waals surface area contributed by atoms with Gasteiger partial charge < -0.3 is 10.0 Å². The molecule has 1 heterocycles. The van der Waals surface area contributed by atoms with Gasteiger partial charge in [-0.05, 0) is 49.8 Å². The molecule has 88 valence electrons. The fraction of sp³-hybridized carbons (Fsp3) is 0.571. The highest BCUT2D eigenvalue weighted by atomic mass is 16.2. The maximum absolute atomic E-state index is 8.84. The molecule has 1 aliphatic rings. The van der Waals surface area contributed by atoms with Gasteiger partial charge in [-0.3, -0.25) is 0 Å². The van der Waals surface area contributed by atoms with E-state index in [0.29, 0.717) is 0 Å². The second-order valence-electron chi connectivity index (χ2n) is 4.54. The zero-order valence-corrected chi connectivity index (χ0v) is 9.86. The Morgan fingerprint density at radius 3 is 2.69 bits per heavy atom. The molecule has 2 heteroatoms. The van der Waals surface area contributed by atoms with E-state index in [1.807, 2.05) is 0 Å². The van der Waals surface area contributed by atoms with Gasteiger partial charge in [0.25, 0.3) is 0 Å². The number of nitrogens with zero attached hydrogens (tertiary/aromatic N) is 1. The number of aliphatic hydroxyl groups is 1. The van der Waals surface area contributed by atoms with Crippen LogP contribution in [0.25, 0.3) is 0 Å². The van der Waals surface area contributed by atoms with Gasteiger partial charge in [0.1, 0.15) is 0 Å². The standard InChI is InChI=1S/C14H21NO/c16-11-5-7-13-6-4-8-14(12-13)15-9-2-1-3-10-15/h4,6,8,12,16H,1-3,5,7,9-11H2. The molecule has 1 fully saturated rings. The molecule has 0 radical (unpaired) electrons. The SMILES string of the molecule is OCCCc1cccc(N2CCCCC2)c1. The minimum atomic E-state index is 0.286. The Bertz CT molecular complexity index is 318. The highest BCUT2D eigenvalue weighted by Crippen LogP contribution is 2.21. The largest absolute Gasteiger partial charge is 0.396 e. The van der Waals surface area contributed by atoms with Crippen molar-refractivity contribution < 1.29 is 5.11 Å². The Morgan fingerprint density at radius 2 is 1.94 bits per heavy atom. The van der Waals surface area contributed by atoms with E-state index in [1.165, 1.54) is 43.6 Å². The predicted octanol–water partition coefficient (Wildman–Crippen LogP) is 2.60. The van der Waals surface area contributed by atoms with E-state index in [0.717, 1.165) is 12.8 Å². The van der Waals surface area contributed by atoms with Crippen molar-refractivity contribution in [2.45, 2.75) is 32.1 Å². The Labute approximate surface area is 97.9 Å². The number of anilines is 1. The van der Waals surface area contributed by atoms with Crippen LogP contribution in [0.15, 0.2) is 24.3 Å². The normalized spacial score (nSPS) is 16.4. The van der Waals surface area contributed by atoms with Gasteiger partial charge in [0, 0.05) is 25.4 Å². The molecule has 2 rings (SSSR count). The smallest absolute Gasteiger partial charge is 0.0434 e. The van der Waals surface area contributed by atoms with E-state index in [9.17, 15) is 0 Å². The van der Waals surface area contributed by atoms with Crippen molar-refractivity contribution in [1.82, 2.24) is 0 Å². The average Bonchev–Trinajstić information content (AvgIpc) is 2.38. The molecule has 0 aromatic heterocycles. The van der Waals surface area contributed by atoms with Gasteiger partial charge in [0.15, 0.2) is 0 Å². The quantitative estimate of drug-likeness (QED) is 0.841. The monoisotopic (exact) mass is 219 g/mol. The van der Waals surface area contributed by atoms with Gasteiger partial charge in [0.05, 0.1) is 0 Å². The van der Waals surface area contributed by atoms with Crippen LogP contribution in [0.2, 0.25) is 0 Å². The van der Waals surface area contributed by atoms with Crippen LogP contribution in [-0.2, 0) is 6.42 Å². The molecule has 0 amide bonds. The lowest BCUT2D eigenvalue weighted by molar-refractivity contribution is 0.288. The van der Waals surface area contributed by atoms with E-state index in [-0.39, 0.29) is 6.61 Å². The van der Waals surface area contributed by atoms with E-state index in [2.05, 4.69) is 29.2 Å². The van der Waals surface area contributed by atoms with Crippen molar-refractivity contribution in [2.75, 3.05) is 24.6 Å². The highest BCUT2D eigenvalue weighted by Gasteiger charge is 2.10. The number of rotatable bonds is 4. The van der Waals surface area contributed by atoms with Crippen LogP contribution in [0.4, 0.5) is 5.69 Å². The zero-order chi connectivity index (χ0) is 11.2. The third-order valence-electron chi connectivity index (χ3n) is 3.26. The summed E-state index contributed by atoms with van der Waals surface area (Å²) in [6, 6.07) is 8.77. The molecule has 1 aromatic carbocycles. The van der Waals surface area contributed by atoms with E-state index < -0.39 is 0 Å². The maximum Gasteiger partial charge on any atom is 0.0434 e. The molecule has 0 atom stereocenters. The topological polar surface area (TPSA) is 23.5 Å². The van der Waals surface area contributed by atoms with E-state index in [4.69, 9.17) is 5.11 Å². The van der Waals surface area contributed by atoms with Crippen molar-refractivity contribution in [3.63, 3.8) is 0 Å². The molecule has 1 N–H and O–H groups in total. The summed E-state index contributed by atoms with van der Waals surface area (Å²) in [7, 11) is 0. The molecule has 1 aliphatic heterocycles. The highest BCUT2D eigenvalue weighted by molar-refractivity contribution is 5.48. The van der Waals surface area contributed by atoms with Crippen molar-refractivity contribution in [1.29, 1.82) is 0 Å². The van der Waals surface area contributed by atoms with Gasteiger partial charge in [-0.2, -0.15) is 0 Å². The summed E-state index contributed by atoms with van der Waals surface area (Å²) >= 11 is 0. The Hall–Kier alpha value is -1.02. The van der Waals surface area contributed by atoms with Crippen LogP contribution in [0.3, 0.4) is 0 Å². The van der Waals surface area contributed by atoms with Crippen molar-refractivity contribution in [2.24, 2.45) is 0 Å². The minimum absolute atomic E-state index is 0.286. The molecule has 0 bridgehead atoms. The summed E-state index contributed by atoms with van der Waals surface area (Å²) in [5.74, 6) is 0. The van der Waals surface area contributed by atoms with Crippen LogP contribution in [0, 0.1) is 0 Å². The lowest BCUT2D eigenvalue weighted by atomic mass is 10.1. The van der Waals surface area contributed by atoms with Crippen LogP contribution >= 0.6 is 0 Å². The fourth-order valence-electron chi connectivity index (χ4n) is 2.34. The molecule has 2 nitrogen and oxygen atoms in total. The third-order valence-corrected chi connectivity index (χ3v) is 3.26. The Balaban J connectivity index is 2.02. The van der Waals surface area contributed by atoms with Crippen LogP contribution in [0.1, 0.15) is 31.2 Å². The fourth-order valence-corrected chi connectivity index (χ4v) is 2.34. The molecular formula is C14H21NO. The van der Waals surface area contributed by atoms with Crippen LogP contribution in [-0.4, -0.2) is 24.8 Å². The summed E-state index contributed by atoms with van der Waals surface area (Å²) in [5, 5.41) is 8.84. The van der Waals surface area contributed by atoms with Gasteiger partial charge in [-0.1, -0.05) is 12.1 Å². The van der Waals surface area contributed by atoms with Crippen molar-refractivity contribution in [3.8, 4) is 0 Å². The second kappa shape index (κ2) is 5.90. The number of hydrogen-bond donors (Lipinski definition) is 1. The van der Waals surface area contributed by atoms with Crippen LogP contribution in [0.5, 0.6) is 0 Å². The molecule has 0 unspecified atom stereocenters. The van der Waals surface area contributed by atoms with Gasteiger partial charge in [0.2, 0.25) is 0 Å². The van der Waals surface area contributed by atoms with Gasteiger partial charge in [-0.15, -0.1) is 0 Å². The Kier molecular flexibility index (Phi) is 4.23. The first-order valence-corrected chi connectivity index (χ1v) is 6.35. The molecule has 1 aromatic rings. The number of hydrogen-bond acceptors (Lipinski definition) is 2. The molecular weight excluding hydrogens is 198 g/mol. The average molecular weight is 219 g/mol. The van der Waals surface area contributed by atoms with Crippen LogP contribution < -0.4 is 4.90 Å². The molecule has 0 spiro atoms. The summed E-state index contributed by atoms with van der Waals surface area (Å²) < 4.78 is 0. The maximum atomic E-state index is 8.84. The molecule has 16 heavy (non-hydrogen) atoms. The summed E-state index contributed by atoms with van der Waals surface area (Å²) in [6.45, 7) is 2.68. The van der Waals surface area contributed by atoms with E-state index >= 15 is 0 Å². The van der Waals surface area contributed by atoms with Gasteiger partial charge >= 0.3 is 0 Å². The minimum Gasteiger partial charge on any atom is -0.396 e. The van der Waals surface area contributed by atoms with Crippen molar-refractivity contribution in [3.05, 3.63) is 29.8 Å². The lowest BCUT2D eigenvalue weighted by Gasteiger charge is -2.29. The zero-order valence-electron chi connectivity index (χ0n) is 9.86. The number of aliphatic hydroxyl groups excluding tert-OH is 1. The Morgan fingerprint density at radius 1 is 1.12 bits per heavy atom. The number of aryl methyl sites for hydroxylation is 1. The molecule has 1 saturated heterocycles. The number of benzene rings is 1. The first-order valence-electron chi connectivity index (χ1n) is 6.35. The van der Waals surface area contributed by atoms with E-state index in [1.54, 1.807) is 0 Å². The molecule has 0 saturated carbocycles. The third kappa shape index (κ3) is 2.99. The van der Waals surface area contributed by atoms with Crippen molar-refractivity contribution >= 4 is 5.69 Å². The summed E-state index contributed by atoms with van der Waals surface area (Å²) in [6.07, 6.45) is 5.87. The van der Waals surface area contributed by atoms with Gasteiger partial charge in [-0.25, -0.2) is 0 Å². The summed E-state index contributed by atoms with van der Waals surface area (Å²) in [5.41, 5.74) is 2.70. The number of piperidine rings is 1. The first-order chi connectivity index (χ1) is 7.90.